The van der Waals surface area contributed by atoms with Crippen molar-refractivity contribution >= 4 is 17.5 Å². The van der Waals surface area contributed by atoms with Gasteiger partial charge in [-0.3, -0.25) is 9.69 Å². The number of likely N-dealkylation sites (tertiary alicyclic amines) is 1. The summed E-state index contributed by atoms with van der Waals surface area (Å²) in [4.78, 5) is 14.6. The molecule has 2 fully saturated rings. The van der Waals surface area contributed by atoms with Crippen LogP contribution in [0.1, 0.15) is 47.9 Å². The number of aromatic nitrogens is 3. The van der Waals surface area contributed by atoms with E-state index in [0.29, 0.717) is 16.8 Å². The monoisotopic (exact) mass is 375 g/mol. The van der Waals surface area contributed by atoms with Crippen molar-refractivity contribution < 1.29 is 9.53 Å². The van der Waals surface area contributed by atoms with Gasteiger partial charge in [0, 0.05) is 29.7 Å². The molecule has 8 heteroatoms. The van der Waals surface area contributed by atoms with E-state index in [1.165, 1.54) is 0 Å². The van der Waals surface area contributed by atoms with Crippen LogP contribution in [0.4, 0.5) is 0 Å². The first-order valence-electron chi connectivity index (χ1n) is 8.85. The molecule has 1 aliphatic carbocycles. The van der Waals surface area contributed by atoms with Crippen molar-refractivity contribution in [3.63, 3.8) is 0 Å². The first-order valence-corrected chi connectivity index (χ1v) is 9.23. The minimum Gasteiger partial charge on any atom is -0.496 e. The van der Waals surface area contributed by atoms with Crippen LogP contribution in [-0.4, -0.2) is 52.0 Å². The number of amides is 1. The Hall–Kier alpha value is -2.12. The Balaban J connectivity index is 1.33. The van der Waals surface area contributed by atoms with Crippen molar-refractivity contribution in [2.45, 2.75) is 37.9 Å². The summed E-state index contributed by atoms with van der Waals surface area (Å²) in [6, 6.07) is 6.35. The minimum atomic E-state index is -0.158. The predicted molar refractivity (Wildman–Crippen MR) is 97.5 cm³/mol. The number of rotatable bonds is 6. The van der Waals surface area contributed by atoms with Crippen molar-refractivity contribution in [3.05, 3.63) is 40.7 Å². The lowest BCUT2D eigenvalue weighted by Gasteiger charge is -2.43. The highest BCUT2D eigenvalue weighted by Crippen LogP contribution is 2.34. The second-order valence-corrected chi connectivity index (χ2v) is 7.44. The van der Waals surface area contributed by atoms with E-state index in [1.54, 1.807) is 18.0 Å². The van der Waals surface area contributed by atoms with Gasteiger partial charge in [-0.1, -0.05) is 16.8 Å². The van der Waals surface area contributed by atoms with Gasteiger partial charge in [0.05, 0.1) is 25.4 Å². The molecule has 1 N–H and O–H groups in total. The molecule has 0 bridgehead atoms. The van der Waals surface area contributed by atoms with Gasteiger partial charge in [-0.25, -0.2) is 4.68 Å². The fourth-order valence-electron chi connectivity index (χ4n) is 3.31. The van der Waals surface area contributed by atoms with Gasteiger partial charge >= 0.3 is 0 Å². The summed E-state index contributed by atoms with van der Waals surface area (Å²) in [6.07, 6.45) is 3.97. The van der Waals surface area contributed by atoms with Crippen LogP contribution in [0.25, 0.3) is 0 Å². The molecule has 4 rings (SSSR count). The predicted octanol–water partition coefficient (Wildman–Crippen LogP) is 2.45. The normalized spacial score (nSPS) is 19.0. The summed E-state index contributed by atoms with van der Waals surface area (Å²) in [7, 11) is 1.66. The zero-order valence-corrected chi connectivity index (χ0v) is 15.6. The van der Waals surface area contributed by atoms with Gasteiger partial charge in [0.2, 0.25) is 0 Å². The topological polar surface area (TPSA) is 72.3 Å². The number of nitrogens with one attached hydrogen (secondary N) is 1. The van der Waals surface area contributed by atoms with Crippen LogP contribution in [-0.2, 0) is 0 Å². The Kier molecular flexibility index (Phi) is 4.58. The molecule has 2 heterocycles. The van der Waals surface area contributed by atoms with Crippen LogP contribution in [0.5, 0.6) is 5.75 Å². The lowest BCUT2D eigenvalue weighted by Crippen LogP contribution is -2.59. The molecule has 1 amide bonds. The largest absolute Gasteiger partial charge is 0.496 e. The molecule has 138 valence electrons. The van der Waals surface area contributed by atoms with Crippen molar-refractivity contribution in [2.24, 2.45) is 0 Å². The number of ether oxygens (including phenoxy) is 1. The van der Waals surface area contributed by atoms with Crippen molar-refractivity contribution in [1.82, 2.24) is 25.2 Å². The van der Waals surface area contributed by atoms with E-state index in [-0.39, 0.29) is 18.0 Å². The van der Waals surface area contributed by atoms with Gasteiger partial charge in [-0.2, -0.15) is 0 Å². The molecule has 1 atom stereocenters. The van der Waals surface area contributed by atoms with E-state index in [2.05, 4.69) is 27.5 Å². The number of hydrogen-bond donors (Lipinski definition) is 1. The number of nitrogens with zero attached hydrogens (tertiary/aromatic N) is 4. The maximum absolute atomic E-state index is 12.3. The molecule has 1 aliphatic heterocycles. The second kappa shape index (κ2) is 6.89. The van der Waals surface area contributed by atoms with Gasteiger partial charge < -0.3 is 10.1 Å². The zero-order chi connectivity index (χ0) is 18.3. The Morgan fingerprint density at radius 3 is 2.85 bits per heavy atom. The van der Waals surface area contributed by atoms with Crippen LogP contribution >= 0.6 is 11.6 Å². The van der Waals surface area contributed by atoms with Crippen molar-refractivity contribution in [2.75, 3.05) is 20.2 Å². The molecule has 7 nitrogen and oxygen atoms in total. The summed E-state index contributed by atoms with van der Waals surface area (Å²) in [5, 5.41) is 11.7. The van der Waals surface area contributed by atoms with Crippen molar-refractivity contribution in [1.29, 1.82) is 0 Å². The van der Waals surface area contributed by atoms with Gasteiger partial charge in [0.25, 0.3) is 5.91 Å². The third kappa shape index (κ3) is 3.41. The van der Waals surface area contributed by atoms with Gasteiger partial charge in [-0.05, 0) is 38.0 Å². The van der Waals surface area contributed by atoms with Crippen LogP contribution in [0, 0.1) is 0 Å². The molecular formula is C18H22ClN5O2. The standard InChI is InChI=1S/C18H22ClN5O2/c1-11(15-7-12(19)3-6-17(15)26-2)23-8-13(9-23)20-18(25)16-10-24(22-21-16)14-4-5-14/h3,6-7,10-11,13-14H,4-5,8-9H2,1-2H3,(H,20,25). The highest BCUT2D eigenvalue weighted by atomic mass is 35.5. The molecule has 1 aromatic carbocycles. The number of methoxy groups -OCH3 is 1. The van der Waals surface area contributed by atoms with Gasteiger partial charge in [-0.15, -0.1) is 5.10 Å². The van der Waals surface area contributed by atoms with Crippen LogP contribution in [0.2, 0.25) is 5.02 Å². The lowest BCUT2D eigenvalue weighted by molar-refractivity contribution is 0.0666. The smallest absolute Gasteiger partial charge is 0.273 e. The maximum atomic E-state index is 12.3. The highest BCUT2D eigenvalue weighted by molar-refractivity contribution is 6.30. The SMILES string of the molecule is COc1ccc(Cl)cc1C(C)N1CC(NC(=O)c2cn(C3CC3)nn2)C1. The molecule has 0 spiro atoms. The number of carbonyl (C=O) groups is 1. The molecule has 1 saturated heterocycles. The Morgan fingerprint density at radius 2 is 2.15 bits per heavy atom. The number of benzene rings is 1. The Labute approximate surface area is 157 Å². The third-order valence-corrected chi connectivity index (χ3v) is 5.33. The van der Waals surface area contributed by atoms with Crippen LogP contribution in [0.3, 0.4) is 0 Å². The molecule has 1 unspecified atom stereocenters. The fraction of sp³-hybridized carbons (Fsp3) is 0.500. The quantitative estimate of drug-likeness (QED) is 0.839. The number of hydrogen-bond acceptors (Lipinski definition) is 5. The summed E-state index contributed by atoms with van der Waals surface area (Å²) >= 11 is 6.13. The molecular weight excluding hydrogens is 354 g/mol. The first kappa shape index (κ1) is 17.3. The molecule has 2 aromatic rings. The molecule has 1 aromatic heterocycles. The average molecular weight is 376 g/mol. The first-order chi connectivity index (χ1) is 12.5. The summed E-state index contributed by atoms with van der Waals surface area (Å²) < 4.78 is 7.23. The number of carbonyl (C=O) groups excluding carboxylic acids is 1. The maximum Gasteiger partial charge on any atom is 0.273 e. The summed E-state index contributed by atoms with van der Waals surface area (Å²) in [5.74, 6) is 0.667. The van der Waals surface area contributed by atoms with Crippen LogP contribution < -0.4 is 10.1 Å². The van der Waals surface area contributed by atoms with E-state index in [9.17, 15) is 4.79 Å². The van der Waals surface area contributed by atoms with Crippen molar-refractivity contribution in [3.8, 4) is 5.75 Å². The van der Waals surface area contributed by atoms with E-state index < -0.39 is 0 Å². The summed E-state index contributed by atoms with van der Waals surface area (Å²) in [5.41, 5.74) is 1.44. The molecule has 1 saturated carbocycles. The third-order valence-electron chi connectivity index (χ3n) is 5.10. The van der Waals surface area contributed by atoms with Gasteiger partial charge in [0.15, 0.2) is 5.69 Å². The molecule has 0 radical (unpaired) electrons. The minimum absolute atomic E-state index is 0.112. The van der Waals surface area contributed by atoms with Crippen LogP contribution in [0.15, 0.2) is 24.4 Å². The fourth-order valence-corrected chi connectivity index (χ4v) is 3.49. The Bertz CT molecular complexity index is 814. The second-order valence-electron chi connectivity index (χ2n) is 7.00. The van der Waals surface area contributed by atoms with E-state index in [1.807, 2.05) is 18.2 Å². The average Bonchev–Trinajstić information content (AvgIpc) is 3.33. The number of halogens is 1. The zero-order valence-electron chi connectivity index (χ0n) is 14.9. The molecule has 2 aliphatic rings. The molecule has 26 heavy (non-hydrogen) atoms. The summed E-state index contributed by atoms with van der Waals surface area (Å²) in [6.45, 7) is 3.67. The Morgan fingerprint density at radius 1 is 1.38 bits per heavy atom. The van der Waals surface area contributed by atoms with E-state index in [4.69, 9.17) is 16.3 Å². The van der Waals surface area contributed by atoms with E-state index >= 15 is 0 Å². The highest BCUT2D eigenvalue weighted by Gasteiger charge is 2.34. The lowest BCUT2D eigenvalue weighted by atomic mass is 9.99. The van der Waals surface area contributed by atoms with Gasteiger partial charge in [0.1, 0.15) is 5.75 Å². The van der Waals surface area contributed by atoms with E-state index in [0.717, 1.165) is 37.2 Å².